The highest BCUT2D eigenvalue weighted by Gasteiger charge is 2.35. The smallest absolute Gasteiger partial charge is 0.310 e. The van der Waals surface area contributed by atoms with Gasteiger partial charge < -0.3 is 10.1 Å². The Morgan fingerprint density at radius 1 is 1.17 bits per heavy atom. The number of carbonyl (C=O) groups is 2. The normalized spacial score (nSPS) is 21.5. The number of anilines is 1. The van der Waals surface area contributed by atoms with E-state index >= 15 is 0 Å². The summed E-state index contributed by atoms with van der Waals surface area (Å²) >= 11 is 0. The van der Waals surface area contributed by atoms with Gasteiger partial charge in [-0.1, -0.05) is 36.8 Å². The number of aryl methyl sites for hydroxylation is 1. The van der Waals surface area contributed by atoms with E-state index in [1.54, 1.807) is 0 Å². The zero-order valence-corrected chi connectivity index (χ0v) is 14.0. The molecule has 23 heavy (non-hydrogen) atoms. The minimum Gasteiger partial charge on any atom is -0.462 e. The number of hydrogen-bond donors (Lipinski definition) is 1. The van der Waals surface area contributed by atoms with Crippen LogP contribution in [0.15, 0.2) is 36.4 Å². The summed E-state index contributed by atoms with van der Waals surface area (Å²) in [5, 5.41) is 2.91. The van der Waals surface area contributed by atoms with Crippen LogP contribution in [-0.2, 0) is 14.3 Å². The second kappa shape index (κ2) is 7.95. The van der Waals surface area contributed by atoms with Gasteiger partial charge in [-0.25, -0.2) is 0 Å². The van der Waals surface area contributed by atoms with E-state index in [4.69, 9.17) is 4.74 Å². The molecule has 0 saturated carbocycles. The topological polar surface area (TPSA) is 55.4 Å². The Hall–Kier alpha value is -2.10. The molecule has 1 aromatic carbocycles. The van der Waals surface area contributed by atoms with Crippen LogP contribution in [0.4, 0.5) is 5.69 Å². The minimum absolute atomic E-state index is 0.116. The molecule has 3 atom stereocenters. The molecule has 1 N–H and O–H groups in total. The third-order valence-electron chi connectivity index (χ3n) is 4.28. The molecule has 0 radical (unpaired) electrons. The van der Waals surface area contributed by atoms with Crippen LogP contribution in [0.25, 0.3) is 0 Å². The fourth-order valence-corrected chi connectivity index (χ4v) is 2.61. The first-order valence-electron chi connectivity index (χ1n) is 8.24. The molecular formula is C19H25NO3. The molecule has 0 saturated heterocycles. The monoisotopic (exact) mass is 315 g/mol. The average Bonchev–Trinajstić information content (AvgIpc) is 2.56. The van der Waals surface area contributed by atoms with Gasteiger partial charge in [0.25, 0.3) is 0 Å². The van der Waals surface area contributed by atoms with Gasteiger partial charge in [0.15, 0.2) is 0 Å². The summed E-state index contributed by atoms with van der Waals surface area (Å²) < 4.78 is 5.43. The Labute approximate surface area is 137 Å². The van der Waals surface area contributed by atoms with Crippen LogP contribution >= 0.6 is 0 Å². The van der Waals surface area contributed by atoms with Crippen LogP contribution in [0.3, 0.4) is 0 Å². The molecule has 0 unspecified atom stereocenters. The lowest BCUT2D eigenvalue weighted by Crippen LogP contribution is -2.36. The van der Waals surface area contributed by atoms with E-state index in [2.05, 4.69) is 5.32 Å². The number of hydrogen-bond acceptors (Lipinski definition) is 3. The fourth-order valence-electron chi connectivity index (χ4n) is 2.61. The summed E-state index contributed by atoms with van der Waals surface area (Å²) in [5.74, 6) is -1.17. The van der Waals surface area contributed by atoms with E-state index in [0.29, 0.717) is 12.8 Å². The highest BCUT2D eigenvalue weighted by molar-refractivity contribution is 5.95. The number of ether oxygens (including phenoxy) is 1. The van der Waals surface area contributed by atoms with Gasteiger partial charge in [0, 0.05) is 5.69 Å². The quantitative estimate of drug-likeness (QED) is 0.663. The summed E-state index contributed by atoms with van der Waals surface area (Å²) in [6.45, 7) is 5.84. The Kier molecular flexibility index (Phi) is 5.97. The van der Waals surface area contributed by atoms with Crippen LogP contribution in [0.2, 0.25) is 0 Å². The molecule has 1 amide bonds. The van der Waals surface area contributed by atoms with E-state index in [-0.39, 0.29) is 23.9 Å². The summed E-state index contributed by atoms with van der Waals surface area (Å²) in [7, 11) is 0. The second-order valence-corrected chi connectivity index (χ2v) is 6.17. The first kappa shape index (κ1) is 17.3. The standard InChI is InChI=1S/C19H25NO3/c1-4-14(3)23-19(22)17-8-6-5-7-16(17)18(21)20-15-11-9-13(2)10-12-15/h5-6,9-12,14,16-17H,4,7-8H2,1-3H3,(H,20,21)/t14-,16-,17-/m0/s1. The lowest BCUT2D eigenvalue weighted by molar-refractivity contribution is -0.157. The second-order valence-electron chi connectivity index (χ2n) is 6.17. The third-order valence-corrected chi connectivity index (χ3v) is 4.28. The van der Waals surface area contributed by atoms with Gasteiger partial charge in [0.05, 0.1) is 17.9 Å². The van der Waals surface area contributed by atoms with Crippen molar-refractivity contribution < 1.29 is 14.3 Å². The van der Waals surface area contributed by atoms with Crippen molar-refractivity contribution in [3.63, 3.8) is 0 Å². The number of amides is 1. The Morgan fingerprint density at radius 3 is 2.39 bits per heavy atom. The summed E-state index contributed by atoms with van der Waals surface area (Å²) in [4.78, 5) is 24.9. The molecule has 0 spiro atoms. The number of esters is 1. The van der Waals surface area contributed by atoms with Gasteiger partial charge in [-0.05, 0) is 45.2 Å². The van der Waals surface area contributed by atoms with Crippen LogP contribution < -0.4 is 5.32 Å². The maximum Gasteiger partial charge on any atom is 0.310 e. The van der Waals surface area contributed by atoms with Crippen molar-refractivity contribution in [1.29, 1.82) is 0 Å². The van der Waals surface area contributed by atoms with E-state index in [1.807, 2.05) is 57.2 Å². The molecule has 4 heteroatoms. The van der Waals surface area contributed by atoms with E-state index < -0.39 is 5.92 Å². The molecule has 2 rings (SSSR count). The lowest BCUT2D eigenvalue weighted by Gasteiger charge is -2.27. The number of nitrogens with one attached hydrogen (secondary N) is 1. The highest BCUT2D eigenvalue weighted by atomic mass is 16.5. The van der Waals surface area contributed by atoms with Gasteiger partial charge >= 0.3 is 5.97 Å². The first-order chi connectivity index (χ1) is 11.0. The molecule has 4 nitrogen and oxygen atoms in total. The molecule has 0 aromatic heterocycles. The molecule has 124 valence electrons. The predicted octanol–water partition coefficient (Wildman–Crippen LogP) is 3.86. The molecular weight excluding hydrogens is 290 g/mol. The molecule has 0 fully saturated rings. The molecule has 0 heterocycles. The zero-order chi connectivity index (χ0) is 16.8. The SMILES string of the molecule is CC[C@H](C)OC(=O)[C@H]1CC=CC[C@@H]1C(=O)Nc1ccc(C)cc1. The Bertz CT molecular complexity index is 577. The number of carbonyl (C=O) groups excluding carboxylic acids is 2. The maximum absolute atomic E-state index is 12.6. The van der Waals surface area contributed by atoms with E-state index in [0.717, 1.165) is 17.7 Å². The van der Waals surface area contributed by atoms with E-state index in [1.165, 1.54) is 0 Å². The van der Waals surface area contributed by atoms with Crippen LogP contribution in [0, 0.1) is 18.8 Å². The van der Waals surface area contributed by atoms with Crippen LogP contribution in [0.1, 0.15) is 38.7 Å². The van der Waals surface area contributed by atoms with Crippen molar-refractivity contribution >= 4 is 17.6 Å². The van der Waals surface area contributed by atoms with Gasteiger partial charge in [-0.2, -0.15) is 0 Å². The van der Waals surface area contributed by atoms with Gasteiger partial charge in [-0.15, -0.1) is 0 Å². The highest BCUT2D eigenvalue weighted by Crippen LogP contribution is 2.28. The molecule has 0 bridgehead atoms. The molecule has 1 aliphatic carbocycles. The van der Waals surface area contributed by atoms with Crippen molar-refractivity contribution in [2.75, 3.05) is 5.32 Å². The summed E-state index contributed by atoms with van der Waals surface area (Å²) in [5.41, 5.74) is 1.89. The van der Waals surface area contributed by atoms with Crippen LogP contribution in [-0.4, -0.2) is 18.0 Å². The fraction of sp³-hybridized carbons (Fsp3) is 0.474. The number of rotatable bonds is 5. The molecule has 1 aromatic rings. The average molecular weight is 315 g/mol. The van der Waals surface area contributed by atoms with Crippen molar-refractivity contribution in [2.45, 2.75) is 46.1 Å². The number of benzene rings is 1. The van der Waals surface area contributed by atoms with Crippen molar-refractivity contribution in [1.82, 2.24) is 0 Å². The first-order valence-corrected chi connectivity index (χ1v) is 8.24. The number of allylic oxidation sites excluding steroid dienone is 2. The predicted molar refractivity (Wildman–Crippen MR) is 91.0 cm³/mol. The lowest BCUT2D eigenvalue weighted by atomic mass is 9.82. The van der Waals surface area contributed by atoms with Gasteiger partial charge in [-0.3, -0.25) is 9.59 Å². The Balaban J connectivity index is 2.05. The summed E-state index contributed by atoms with van der Waals surface area (Å²) in [6, 6.07) is 7.65. The van der Waals surface area contributed by atoms with Gasteiger partial charge in [0.1, 0.15) is 0 Å². The van der Waals surface area contributed by atoms with Crippen LogP contribution in [0.5, 0.6) is 0 Å². The van der Waals surface area contributed by atoms with E-state index in [9.17, 15) is 9.59 Å². The largest absolute Gasteiger partial charge is 0.462 e. The molecule has 0 aliphatic heterocycles. The third kappa shape index (κ3) is 4.68. The summed E-state index contributed by atoms with van der Waals surface area (Å²) in [6.07, 6.45) is 5.70. The molecule has 1 aliphatic rings. The minimum atomic E-state index is -0.403. The zero-order valence-electron chi connectivity index (χ0n) is 14.0. The van der Waals surface area contributed by atoms with Crippen molar-refractivity contribution in [3.05, 3.63) is 42.0 Å². The van der Waals surface area contributed by atoms with Crippen molar-refractivity contribution in [3.8, 4) is 0 Å². The van der Waals surface area contributed by atoms with Crippen molar-refractivity contribution in [2.24, 2.45) is 11.8 Å². The maximum atomic E-state index is 12.6. The van der Waals surface area contributed by atoms with Gasteiger partial charge in [0.2, 0.25) is 5.91 Å². The Morgan fingerprint density at radius 2 is 1.78 bits per heavy atom.